The normalized spacial score (nSPS) is 24.3. The summed E-state index contributed by atoms with van der Waals surface area (Å²) in [6, 6.07) is 0. The second-order valence-corrected chi connectivity index (χ2v) is 2.99. The van der Waals surface area contributed by atoms with Gasteiger partial charge in [0.25, 0.3) is 0 Å². The fourth-order valence-electron chi connectivity index (χ4n) is 1.11. The Morgan fingerprint density at radius 1 is 1.64 bits per heavy atom. The van der Waals surface area contributed by atoms with Crippen molar-refractivity contribution in [1.82, 2.24) is 0 Å². The van der Waals surface area contributed by atoms with Gasteiger partial charge in [0.2, 0.25) is 0 Å². The molecule has 0 radical (unpaired) electrons. The van der Waals surface area contributed by atoms with Crippen molar-refractivity contribution < 1.29 is 14.6 Å². The van der Waals surface area contributed by atoms with E-state index >= 15 is 0 Å². The van der Waals surface area contributed by atoms with E-state index in [0.717, 1.165) is 6.42 Å². The van der Waals surface area contributed by atoms with Crippen LogP contribution < -0.4 is 0 Å². The van der Waals surface area contributed by atoms with E-state index in [1.54, 1.807) is 0 Å². The molecule has 1 saturated heterocycles. The zero-order chi connectivity index (χ0) is 8.32. The number of aliphatic hydroxyl groups is 1. The second kappa shape index (κ2) is 3.72. The molecule has 0 aromatic heterocycles. The molecule has 1 fully saturated rings. The predicted octanol–water partition coefficient (Wildman–Crippen LogP) is 1.09. The minimum Gasteiger partial charge on any atom is -0.392 e. The van der Waals surface area contributed by atoms with Crippen molar-refractivity contribution in [3.8, 4) is 0 Å². The van der Waals surface area contributed by atoms with E-state index in [2.05, 4.69) is 0 Å². The van der Waals surface area contributed by atoms with Gasteiger partial charge in [-0.2, -0.15) is 0 Å². The van der Waals surface area contributed by atoms with Crippen LogP contribution in [0.25, 0.3) is 0 Å². The minimum atomic E-state index is -0.547. The van der Waals surface area contributed by atoms with Gasteiger partial charge in [-0.1, -0.05) is 6.92 Å². The summed E-state index contributed by atoms with van der Waals surface area (Å²) in [7, 11) is 0. The van der Waals surface area contributed by atoms with E-state index in [1.807, 2.05) is 6.92 Å². The van der Waals surface area contributed by atoms with E-state index in [1.165, 1.54) is 0 Å². The molecule has 1 heterocycles. The molecule has 1 aliphatic rings. The molecule has 0 aromatic carbocycles. The van der Waals surface area contributed by atoms with Crippen molar-refractivity contribution in [2.75, 3.05) is 12.7 Å². The number of rotatable bonds is 4. The van der Waals surface area contributed by atoms with Crippen molar-refractivity contribution in [3.05, 3.63) is 0 Å². The van der Waals surface area contributed by atoms with Gasteiger partial charge in [-0.15, -0.1) is 11.6 Å². The number of aliphatic hydroxyl groups excluding tert-OH is 1. The third kappa shape index (κ3) is 2.06. The van der Waals surface area contributed by atoms with E-state index < -0.39 is 11.9 Å². The Balaban J connectivity index is 2.32. The molecule has 0 spiro atoms. The SMILES string of the molecule is CCC1(C[C@@H](O)CCl)OCO1. The predicted molar refractivity (Wildman–Crippen MR) is 41.4 cm³/mol. The van der Waals surface area contributed by atoms with Gasteiger partial charge in [-0.25, -0.2) is 0 Å². The fourth-order valence-corrected chi connectivity index (χ4v) is 1.21. The molecule has 0 aliphatic carbocycles. The van der Waals surface area contributed by atoms with Crippen LogP contribution in [0.3, 0.4) is 0 Å². The molecule has 0 saturated carbocycles. The summed E-state index contributed by atoms with van der Waals surface area (Å²) in [5.41, 5.74) is 0. The van der Waals surface area contributed by atoms with Crippen LogP contribution in [0.1, 0.15) is 19.8 Å². The number of hydrogen-bond acceptors (Lipinski definition) is 3. The number of hydrogen-bond donors (Lipinski definition) is 1. The monoisotopic (exact) mass is 180 g/mol. The summed E-state index contributed by atoms with van der Waals surface area (Å²) in [5.74, 6) is -0.317. The summed E-state index contributed by atoms with van der Waals surface area (Å²) in [6.07, 6.45) is 0.686. The quantitative estimate of drug-likeness (QED) is 0.659. The highest BCUT2D eigenvalue weighted by Crippen LogP contribution is 2.31. The lowest BCUT2D eigenvalue weighted by Gasteiger charge is -2.41. The first kappa shape index (κ1) is 9.26. The van der Waals surface area contributed by atoms with E-state index in [-0.39, 0.29) is 5.88 Å². The lowest BCUT2D eigenvalue weighted by atomic mass is 10.1. The van der Waals surface area contributed by atoms with Crippen LogP contribution in [0.4, 0.5) is 0 Å². The molecule has 3 nitrogen and oxygen atoms in total. The molecule has 4 heteroatoms. The highest BCUT2D eigenvalue weighted by molar-refractivity contribution is 6.18. The van der Waals surface area contributed by atoms with Gasteiger partial charge in [-0.05, 0) is 6.42 Å². The third-order valence-electron chi connectivity index (χ3n) is 1.91. The molecule has 0 unspecified atom stereocenters. The van der Waals surface area contributed by atoms with Crippen molar-refractivity contribution in [2.24, 2.45) is 0 Å². The first-order valence-corrected chi connectivity index (χ1v) is 4.28. The maximum absolute atomic E-state index is 9.20. The summed E-state index contributed by atoms with van der Waals surface area (Å²) >= 11 is 5.43. The Hall–Kier alpha value is 0.170. The molecule has 11 heavy (non-hydrogen) atoms. The number of alkyl halides is 1. The highest BCUT2D eigenvalue weighted by atomic mass is 35.5. The van der Waals surface area contributed by atoms with Gasteiger partial charge in [0, 0.05) is 12.3 Å². The van der Waals surface area contributed by atoms with Crippen LogP contribution in [0, 0.1) is 0 Å². The minimum absolute atomic E-state index is 0.231. The zero-order valence-electron chi connectivity index (χ0n) is 6.55. The smallest absolute Gasteiger partial charge is 0.176 e. The van der Waals surface area contributed by atoms with E-state index in [0.29, 0.717) is 13.2 Å². The summed E-state index contributed by atoms with van der Waals surface area (Å²) in [6.45, 7) is 2.29. The Kier molecular flexibility index (Phi) is 3.13. The van der Waals surface area contributed by atoms with Crippen LogP contribution in [0.5, 0.6) is 0 Å². The summed E-state index contributed by atoms with van der Waals surface area (Å²) in [5, 5.41) is 9.20. The highest BCUT2D eigenvalue weighted by Gasteiger charge is 2.39. The molecule has 1 atom stereocenters. The lowest BCUT2D eigenvalue weighted by molar-refractivity contribution is -0.404. The first-order chi connectivity index (χ1) is 5.22. The fraction of sp³-hybridized carbons (Fsp3) is 1.00. The molecule has 0 amide bonds. The molecule has 1 aliphatic heterocycles. The molecule has 0 bridgehead atoms. The maximum Gasteiger partial charge on any atom is 0.176 e. The van der Waals surface area contributed by atoms with Gasteiger partial charge in [-0.3, -0.25) is 0 Å². The standard InChI is InChI=1S/C7H13ClO3/c1-2-7(10-5-11-7)3-6(9)4-8/h6,9H,2-5H2,1H3/t6-/m1/s1. The Bertz CT molecular complexity index is 119. The van der Waals surface area contributed by atoms with Crippen LogP contribution in [0.15, 0.2) is 0 Å². The number of halogens is 1. The van der Waals surface area contributed by atoms with Gasteiger partial charge in [0.15, 0.2) is 12.6 Å². The van der Waals surface area contributed by atoms with Crippen molar-refractivity contribution in [2.45, 2.75) is 31.7 Å². The summed E-state index contributed by atoms with van der Waals surface area (Å²) < 4.78 is 10.4. The molecular formula is C7H13ClO3. The van der Waals surface area contributed by atoms with Crippen LogP contribution >= 0.6 is 11.6 Å². The van der Waals surface area contributed by atoms with Crippen molar-refractivity contribution >= 4 is 11.6 Å². The number of ether oxygens (including phenoxy) is 2. The maximum atomic E-state index is 9.20. The van der Waals surface area contributed by atoms with Gasteiger partial charge in [0.1, 0.15) is 0 Å². The van der Waals surface area contributed by atoms with E-state index in [9.17, 15) is 5.11 Å². The summed E-state index contributed by atoms with van der Waals surface area (Å²) in [4.78, 5) is 0. The average Bonchev–Trinajstić information content (AvgIpc) is 1.96. The lowest BCUT2D eigenvalue weighted by Crippen LogP contribution is -2.48. The molecular weight excluding hydrogens is 168 g/mol. The van der Waals surface area contributed by atoms with E-state index in [4.69, 9.17) is 21.1 Å². The second-order valence-electron chi connectivity index (χ2n) is 2.68. The van der Waals surface area contributed by atoms with Crippen molar-refractivity contribution in [1.29, 1.82) is 0 Å². The van der Waals surface area contributed by atoms with Gasteiger partial charge >= 0.3 is 0 Å². The molecule has 0 aromatic rings. The van der Waals surface area contributed by atoms with Gasteiger partial charge in [0.05, 0.1) is 6.10 Å². The molecule has 66 valence electrons. The first-order valence-electron chi connectivity index (χ1n) is 3.74. The molecule has 1 rings (SSSR count). The Morgan fingerprint density at radius 2 is 2.27 bits per heavy atom. The molecule has 1 N–H and O–H groups in total. The Labute approximate surface area is 71.2 Å². The largest absolute Gasteiger partial charge is 0.392 e. The zero-order valence-corrected chi connectivity index (χ0v) is 7.30. The van der Waals surface area contributed by atoms with Crippen molar-refractivity contribution in [3.63, 3.8) is 0 Å². The van der Waals surface area contributed by atoms with Crippen LogP contribution in [-0.4, -0.2) is 29.7 Å². The van der Waals surface area contributed by atoms with Gasteiger partial charge < -0.3 is 14.6 Å². The average molecular weight is 181 g/mol. The Morgan fingerprint density at radius 3 is 2.55 bits per heavy atom. The third-order valence-corrected chi connectivity index (χ3v) is 2.26. The van der Waals surface area contributed by atoms with Crippen LogP contribution in [-0.2, 0) is 9.47 Å². The topological polar surface area (TPSA) is 38.7 Å². The van der Waals surface area contributed by atoms with Crippen LogP contribution in [0.2, 0.25) is 0 Å².